The molecular weight excluding hydrogens is 494 g/mol. The third-order valence-corrected chi connectivity index (χ3v) is 7.53. The van der Waals surface area contributed by atoms with Gasteiger partial charge in [-0.3, -0.25) is 19.6 Å². The van der Waals surface area contributed by atoms with E-state index >= 15 is 0 Å². The minimum absolute atomic E-state index is 0.0568. The summed E-state index contributed by atoms with van der Waals surface area (Å²) in [6.07, 6.45) is -0.914. The largest absolute Gasteiger partial charge is 0.497 e. The van der Waals surface area contributed by atoms with E-state index in [9.17, 15) is 22.8 Å². The van der Waals surface area contributed by atoms with Crippen LogP contribution in [-0.2, 0) is 14.8 Å². The average Bonchev–Trinajstić information content (AvgIpc) is 3.11. The van der Waals surface area contributed by atoms with Crippen LogP contribution < -0.4 is 20.1 Å². The van der Waals surface area contributed by atoms with Crippen molar-refractivity contribution in [2.45, 2.75) is 18.7 Å². The molecule has 0 saturated heterocycles. The summed E-state index contributed by atoms with van der Waals surface area (Å²) in [5.74, 6) is -0.679. The normalized spacial score (nSPS) is 10.9. The first-order chi connectivity index (χ1) is 16.6. The number of aryl methyl sites for hydroxylation is 1. The lowest BCUT2D eigenvalue weighted by Gasteiger charge is -2.10. The molecule has 0 aliphatic rings. The number of anilines is 2. The van der Waals surface area contributed by atoms with Crippen LogP contribution in [0.15, 0.2) is 53.4 Å². The third kappa shape index (κ3) is 5.97. The standard InChI is InChI=1S/C23H23N3O7S2/c1-13-14(2)34-22(19(13)21(28)25-23(29)33-4)24-20(27)15-5-7-16(8-6-15)26-35(30,31)18-11-9-17(32-3)10-12-18/h5-12,26H,1-4H3,(H,24,27)(H,25,28,29). The topological polar surface area (TPSA) is 140 Å². The Morgan fingerprint density at radius 2 is 1.51 bits per heavy atom. The van der Waals surface area contributed by atoms with Gasteiger partial charge < -0.3 is 14.8 Å². The molecule has 2 aromatic carbocycles. The predicted octanol–water partition coefficient (Wildman–Crippen LogP) is 3.92. The molecule has 1 aromatic heterocycles. The minimum atomic E-state index is -3.84. The van der Waals surface area contributed by atoms with E-state index in [1.54, 1.807) is 13.8 Å². The second-order valence-electron chi connectivity index (χ2n) is 7.25. The monoisotopic (exact) mass is 517 g/mol. The van der Waals surface area contributed by atoms with Crippen LogP contribution in [0.1, 0.15) is 31.2 Å². The van der Waals surface area contributed by atoms with E-state index in [4.69, 9.17) is 4.74 Å². The molecule has 184 valence electrons. The number of rotatable bonds is 7. The number of hydrogen-bond donors (Lipinski definition) is 3. The maximum Gasteiger partial charge on any atom is 0.413 e. The zero-order valence-corrected chi connectivity index (χ0v) is 20.9. The fourth-order valence-corrected chi connectivity index (χ4v) is 5.14. The molecule has 3 rings (SSSR count). The van der Waals surface area contributed by atoms with Crippen molar-refractivity contribution in [3.63, 3.8) is 0 Å². The molecule has 3 aromatic rings. The van der Waals surface area contributed by atoms with E-state index in [0.29, 0.717) is 11.3 Å². The molecule has 0 saturated carbocycles. The Morgan fingerprint density at radius 1 is 0.886 bits per heavy atom. The number of carbonyl (C=O) groups excluding carboxylic acids is 3. The molecule has 0 aliphatic carbocycles. The van der Waals surface area contributed by atoms with Crippen molar-refractivity contribution >= 4 is 50.0 Å². The predicted molar refractivity (Wildman–Crippen MR) is 132 cm³/mol. The minimum Gasteiger partial charge on any atom is -0.497 e. The number of hydrogen-bond acceptors (Lipinski definition) is 8. The summed E-state index contributed by atoms with van der Waals surface area (Å²) in [4.78, 5) is 37.6. The fourth-order valence-electron chi connectivity index (χ4n) is 3.03. The first kappa shape index (κ1) is 25.7. The van der Waals surface area contributed by atoms with Crippen LogP contribution in [0.5, 0.6) is 5.75 Å². The lowest BCUT2D eigenvalue weighted by molar-refractivity contribution is 0.0937. The van der Waals surface area contributed by atoms with E-state index in [0.717, 1.165) is 12.0 Å². The van der Waals surface area contributed by atoms with Gasteiger partial charge in [0.2, 0.25) is 0 Å². The molecule has 35 heavy (non-hydrogen) atoms. The van der Waals surface area contributed by atoms with Gasteiger partial charge in [0.15, 0.2) is 0 Å². The van der Waals surface area contributed by atoms with Gasteiger partial charge in [0.1, 0.15) is 10.8 Å². The summed E-state index contributed by atoms with van der Waals surface area (Å²) in [6, 6.07) is 11.7. The van der Waals surface area contributed by atoms with Crippen molar-refractivity contribution in [3.05, 3.63) is 70.1 Å². The van der Waals surface area contributed by atoms with E-state index in [2.05, 4.69) is 20.1 Å². The Labute approximate surface area is 206 Å². The number of sulfonamides is 1. The summed E-state index contributed by atoms with van der Waals surface area (Å²) in [6.45, 7) is 3.49. The first-order valence-electron chi connectivity index (χ1n) is 10.1. The van der Waals surface area contributed by atoms with Crippen molar-refractivity contribution in [1.82, 2.24) is 5.32 Å². The molecule has 3 amide bonds. The molecule has 0 bridgehead atoms. The number of nitrogens with one attached hydrogen (secondary N) is 3. The zero-order valence-electron chi connectivity index (χ0n) is 19.3. The Morgan fingerprint density at radius 3 is 2.09 bits per heavy atom. The van der Waals surface area contributed by atoms with Crippen LogP contribution in [0.25, 0.3) is 0 Å². The molecule has 1 heterocycles. The molecule has 0 radical (unpaired) electrons. The van der Waals surface area contributed by atoms with Gasteiger partial charge in [-0.1, -0.05) is 0 Å². The summed E-state index contributed by atoms with van der Waals surface area (Å²) < 4.78 is 37.1. The van der Waals surface area contributed by atoms with Crippen molar-refractivity contribution in [2.24, 2.45) is 0 Å². The Kier molecular flexibility index (Phi) is 7.77. The molecule has 0 unspecified atom stereocenters. The second-order valence-corrected chi connectivity index (χ2v) is 10.2. The third-order valence-electron chi connectivity index (χ3n) is 5.01. The maximum atomic E-state index is 12.8. The summed E-state index contributed by atoms with van der Waals surface area (Å²) in [5, 5.41) is 5.04. The second kappa shape index (κ2) is 10.6. The quantitative estimate of drug-likeness (QED) is 0.431. The molecule has 0 spiro atoms. The van der Waals surface area contributed by atoms with Crippen LogP contribution in [0.4, 0.5) is 15.5 Å². The molecule has 0 fully saturated rings. The van der Waals surface area contributed by atoms with Crippen molar-refractivity contribution in [1.29, 1.82) is 0 Å². The van der Waals surface area contributed by atoms with Gasteiger partial charge >= 0.3 is 6.09 Å². The fraction of sp³-hybridized carbons (Fsp3) is 0.174. The van der Waals surface area contributed by atoms with Crippen molar-refractivity contribution in [2.75, 3.05) is 24.3 Å². The van der Waals surface area contributed by atoms with Gasteiger partial charge in [-0.25, -0.2) is 13.2 Å². The lowest BCUT2D eigenvalue weighted by atomic mass is 10.1. The Hall–Kier alpha value is -3.90. The molecule has 3 N–H and O–H groups in total. The molecular formula is C23H23N3O7S2. The number of benzene rings is 2. The Bertz CT molecular complexity index is 1360. The van der Waals surface area contributed by atoms with Gasteiger partial charge in [0.25, 0.3) is 21.8 Å². The number of imide groups is 1. The first-order valence-corrected chi connectivity index (χ1v) is 12.4. The van der Waals surface area contributed by atoms with Gasteiger partial charge in [-0.05, 0) is 67.9 Å². The van der Waals surface area contributed by atoms with Crippen molar-refractivity contribution < 1.29 is 32.3 Å². The van der Waals surface area contributed by atoms with Crippen LogP contribution in [0.2, 0.25) is 0 Å². The van der Waals surface area contributed by atoms with E-state index < -0.39 is 27.9 Å². The summed E-state index contributed by atoms with van der Waals surface area (Å²) in [5.41, 5.74) is 1.28. The maximum absolute atomic E-state index is 12.8. The van der Waals surface area contributed by atoms with E-state index in [-0.39, 0.29) is 26.7 Å². The number of ether oxygens (including phenoxy) is 2. The van der Waals surface area contributed by atoms with Crippen LogP contribution in [0.3, 0.4) is 0 Å². The number of methoxy groups -OCH3 is 2. The SMILES string of the molecule is COC(=O)NC(=O)c1c(NC(=O)c2ccc(NS(=O)(=O)c3ccc(OC)cc3)cc2)sc(C)c1C. The number of carbonyl (C=O) groups is 3. The van der Waals surface area contributed by atoms with Crippen LogP contribution in [-0.4, -0.2) is 40.5 Å². The van der Waals surface area contributed by atoms with Gasteiger partial charge in [-0.2, -0.15) is 0 Å². The smallest absolute Gasteiger partial charge is 0.413 e. The molecule has 10 nitrogen and oxygen atoms in total. The van der Waals surface area contributed by atoms with E-state index in [1.165, 1.54) is 67.0 Å². The number of alkyl carbamates (subject to hydrolysis) is 1. The molecule has 0 aliphatic heterocycles. The Balaban J connectivity index is 1.75. The molecule has 12 heteroatoms. The number of thiophene rings is 1. The highest BCUT2D eigenvalue weighted by molar-refractivity contribution is 7.92. The summed E-state index contributed by atoms with van der Waals surface area (Å²) in [7, 11) is -1.22. The van der Waals surface area contributed by atoms with Gasteiger partial charge in [0, 0.05) is 16.1 Å². The van der Waals surface area contributed by atoms with Crippen LogP contribution >= 0.6 is 11.3 Å². The summed E-state index contributed by atoms with van der Waals surface area (Å²) >= 11 is 1.19. The van der Waals surface area contributed by atoms with Crippen LogP contribution in [0, 0.1) is 13.8 Å². The van der Waals surface area contributed by atoms with Gasteiger partial charge in [0.05, 0.1) is 24.7 Å². The lowest BCUT2D eigenvalue weighted by Crippen LogP contribution is -2.31. The average molecular weight is 518 g/mol. The molecule has 0 atom stereocenters. The van der Waals surface area contributed by atoms with Crippen molar-refractivity contribution in [3.8, 4) is 5.75 Å². The highest BCUT2D eigenvalue weighted by atomic mass is 32.2. The zero-order chi connectivity index (χ0) is 25.8. The highest BCUT2D eigenvalue weighted by Gasteiger charge is 2.23. The highest BCUT2D eigenvalue weighted by Crippen LogP contribution is 2.33. The van der Waals surface area contributed by atoms with E-state index in [1.807, 2.05) is 0 Å². The number of amides is 3. The van der Waals surface area contributed by atoms with Gasteiger partial charge in [-0.15, -0.1) is 11.3 Å².